The second kappa shape index (κ2) is 3.79. The van der Waals surface area contributed by atoms with Gasteiger partial charge in [-0.1, -0.05) is 0 Å². The molecule has 0 fully saturated rings. The number of rotatable bonds is 2. The Kier molecular flexibility index (Phi) is 2.62. The van der Waals surface area contributed by atoms with Crippen LogP contribution in [-0.4, -0.2) is 20.9 Å². The maximum Gasteiger partial charge on any atom is 0.345 e. The minimum Gasteiger partial charge on any atom is -0.477 e. The Labute approximate surface area is 98.3 Å². The highest BCUT2D eigenvalue weighted by atomic mass is 79.9. The van der Waals surface area contributed by atoms with Gasteiger partial charge in [-0.2, -0.15) is 5.10 Å². The van der Waals surface area contributed by atoms with Gasteiger partial charge in [0.05, 0.1) is 21.2 Å². The number of carboxylic acid groups (broad SMARTS) is 1. The summed E-state index contributed by atoms with van der Waals surface area (Å²) in [6.45, 7) is 0. The van der Waals surface area contributed by atoms with Crippen LogP contribution in [0.1, 0.15) is 9.67 Å². The lowest BCUT2D eigenvalue weighted by molar-refractivity contribution is 0.0702. The van der Waals surface area contributed by atoms with Crippen LogP contribution in [0.4, 0.5) is 0 Å². The molecule has 0 aliphatic rings. The van der Waals surface area contributed by atoms with Crippen LogP contribution in [0.2, 0.25) is 0 Å². The van der Waals surface area contributed by atoms with Crippen molar-refractivity contribution in [3.8, 4) is 10.6 Å². The zero-order valence-electron chi connectivity index (χ0n) is 7.77. The van der Waals surface area contributed by atoms with E-state index in [-0.39, 0.29) is 0 Å². The number of aromatic nitrogens is 2. The van der Waals surface area contributed by atoms with Crippen molar-refractivity contribution in [1.29, 1.82) is 0 Å². The molecular weight excluding hydrogens is 280 g/mol. The predicted molar refractivity (Wildman–Crippen MR) is 61.2 cm³/mol. The quantitative estimate of drug-likeness (QED) is 0.923. The number of aromatic carboxylic acids is 1. The largest absolute Gasteiger partial charge is 0.477 e. The van der Waals surface area contributed by atoms with Gasteiger partial charge in [-0.3, -0.25) is 4.68 Å². The summed E-state index contributed by atoms with van der Waals surface area (Å²) in [6.07, 6.45) is 1.69. The first-order chi connectivity index (χ1) is 7.09. The summed E-state index contributed by atoms with van der Waals surface area (Å²) in [4.78, 5) is 11.9. The molecule has 2 rings (SSSR count). The van der Waals surface area contributed by atoms with Crippen LogP contribution in [0, 0.1) is 0 Å². The molecule has 78 valence electrons. The summed E-state index contributed by atoms with van der Waals surface area (Å²) in [5.74, 6) is -0.899. The summed E-state index contributed by atoms with van der Waals surface area (Å²) >= 11 is 4.61. The first-order valence-corrected chi connectivity index (χ1v) is 5.71. The zero-order valence-corrected chi connectivity index (χ0v) is 10.2. The van der Waals surface area contributed by atoms with Crippen LogP contribution in [0.25, 0.3) is 10.6 Å². The smallest absolute Gasteiger partial charge is 0.345 e. The van der Waals surface area contributed by atoms with Gasteiger partial charge in [0.25, 0.3) is 0 Å². The number of carbonyl (C=O) groups is 1. The number of aryl methyl sites for hydroxylation is 1. The standard InChI is InChI=1S/C9H7BrN2O2S/c1-12-8(5(10)4-11-12)6-2-3-7(15-6)9(13)14/h2-4H,1H3,(H,13,14). The number of hydrogen-bond acceptors (Lipinski definition) is 3. The van der Waals surface area contributed by atoms with E-state index in [2.05, 4.69) is 21.0 Å². The van der Waals surface area contributed by atoms with E-state index in [1.54, 1.807) is 23.0 Å². The lowest BCUT2D eigenvalue weighted by atomic mass is 10.3. The molecule has 1 N–H and O–H groups in total. The second-order valence-electron chi connectivity index (χ2n) is 2.93. The summed E-state index contributed by atoms with van der Waals surface area (Å²) < 4.78 is 2.57. The molecule has 0 spiro atoms. The van der Waals surface area contributed by atoms with Crippen molar-refractivity contribution in [2.45, 2.75) is 0 Å². The van der Waals surface area contributed by atoms with Gasteiger partial charge in [0.2, 0.25) is 0 Å². The highest BCUT2D eigenvalue weighted by molar-refractivity contribution is 9.10. The predicted octanol–water partition coefficient (Wildman–Crippen LogP) is 2.61. The number of nitrogens with zero attached hydrogens (tertiary/aromatic N) is 2. The molecule has 0 saturated heterocycles. The maximum absolute atomic E-state index is 10.7. The summed E-state index contributed by atoms with van der Waals surface area (Å²) in [6, 6.07) is 3.39. The molecule has 0 aliphatic heterocycles. The van der Waals surface area contributed by atoms with Crippen molar-refractivity contribution in [3.63, 3.8) is 0 Å². The van der Waals surface area contributed by atoms with E-state index in [1.807, 2.05) is 7.05 Å². The fourth-order valence-electron chi connectivity index (χ4n) is 1.27. The molecule has 0 saturated carbocycles. The van der Waals surface area contributed by atoms with E-state index in [9.17, 15) is 4.79 Å². The minimum atomic E-state index is -0.899. The molecule has 0 bridgehead atoms. The Hall–Kier alpha value is -1.14. The van der Waals surface area contributed by atoms with Crippen molar-refractivity contribution in [3.05, 3.63) is 27.7 Å². The number of halogens is 1. The van der Waals surface area contributed by atoms with Gasteiger partial charge in [-0.15, -0.1) is 11.3 Å². The van der Waals surface area contributed by atoms with E-state index in [0.717, 1.165) is 15.0 Å². The van der Waals surface area contributed by atoms with Gasteiger partial charge in [-0.05, 0) is 28.1 Å². The lowest BCUT2D eigenvalue weighted by Gasteiger charge is -1.98. The number of hydrogen-bond donors (Lipinski definition) is 1. The monoisotopic (exact) mass is 286 g/mol. The molecule has 0 radical (unpaired) electrons. The minimum absolute atomic E-state index is 0.332. The van der Waals surface area contributed by atoms with Gasteiger partial charge < -0.3 is 5.11 Å². The lowest BCUT2D eigenvalue weighted by Crippen LogP contribution is -1.92. The first-order valence-electron chi connectivity index (χ1n) is 4.10. The Morgan fingerprint density at radius 3 is 2.80 bits per heavy atom. The van der Waals surface area contributed by atoms with Crippen LogP contribution < -0.4 is 0 Å². The van der Waals surface area contributed by atoms with Gasteiger partial charge in [-0.25, -0.2) is 4.79 Å². The van der Waals surface area contributed by atoms with Crippen LogP contribution in [0.3, 0.4) is 0 Å². The van der Waals surface area contributed by atoms with Gasteiger partial charge >= 0.3 is 5.97 Å². The van der Waals surface area contributed by atoms with Crippen LogP contribution >= 0.6 is 27.3 Å². The molecular formula is C9H7BrN2O2S. The summed E-state index contributed by atoms with van der Waals surface area (Å²) in [5, 5.41) is 12.9. The van der Waals surface area contributed by atoms with Crippen LogP contribution in [-0.2, 0) is 7.05 Å². The molecule has 0 unspecified atom stereocenters. The average Bonchev–Trinajstić information content (AvgIpc) is 2.73. The topological polar surface area (TPSA) is 55.1 Å². The van der Waals surface area contributed by atoms with Crippen molar-refractivity contribution >= 4 is 33.2 Å². The fourth-order valence-corrected chi connectivity index (χ4v) is 2.90. The number of thiophene rings is 1. The van der Waals surface area contributed by atoms with Crippen molar-refractivity contribution < 1.29 is 9.90 Å². The highest BCUT2D eigenvalue weighted by Gasteiger charge is 2.13. The Morgan fingerprint density at radius 2 is 2.33 bits per heavy atom. The maximum atomic E-state index is 10.7. The van der Waals surface area contributed by atoms with E-state index >= 15 is 0 Å². The van der Waals surface area contributed by atoms with Gasteiger partial charge in [0.15, 0.2) is 0 Å². The molecule has 0 aromatic carbocycles. The Morgan fingerprint density at radius 1 is 1.60 bits per heavy atom. The molecule has 0 aliphatic carbocycles. The first kappa shape index (κ1) is 10.4. The third-order valence-electron chi connectivity index (χ3n) is 1.94. The van der Waals surface area contributed by atoms with E-state index < -0.39 is 5.97 Å². The van der Waals surface area contributed by atoms with Crippen molar-refractivity contribution in [2.75, 3.05) is 0 Å². The van der Waals surface area contributed by atoms with E-state index in [4.69, 9.17) is 5.11 Å². The third-order valence-corrected chi connectivity index (χ3v) is 3.60. The molecule has 2 aromatic heterocycles. The molecule has 0 amide bonds. The zero-order chi connectivity index (χ0) is 11.0. The fraction of sp³-hybridized carbons (Fsp3) is 0.111. The molecule has 6 heteroatoms. The van der Waals surface area contributed by atoms with Gasteiger partial charge in [0.1, 0.15) is 4.88 Å². The number of carboxylic acids is 1. The molecule has 2 aromatic rings. The SMILES string of the molecule is Cn1ncc(Br)c1-c1ccc(C(=O)O)s1. The van der Waals surface area contributed by atoms with E-state index in [1.165, 1.54) is 11.3 Å². The Bertz CT molecular complexity index is 498. The van der Waals surface area contributed by atoms with Crippen molar-refractivity contribution in [1.82, 2.24) is 9.78 Å². The third kappa shape index (κ3) is 1.82. The van der Waals surface area contributed by atoms with Crippen LogP contribution in [0.5, 0.6) is 0 Å². The summed E-state index contributed by atoms with van der Waals surface area (Å²) in [5.41, 5.74) is 0.896. The van der Waals surface area contributed by atoms with Gasteiger partial charge in [0, 0.05) is 7.05 Å². The Balaban J connectivity index is 2.50. The summed E-state index contributed by atoms with van der Waals surface area (Å²) in [7, 11) is 1.82. The molecule has 0 atom stereocenters. The van der Waals surface area contributed by atoms with Crippen LogP contribution in [0.15, 0.2) is 22.8 Å². The average molecular weight is 287 g/mol. The van der Waals surface area contributed by atoms with Crippen molar-refractivity contribution in [2.24, 2.45) is 7.05 Å². The second-order valence-corrected chi connectivity index (χ2v) is 4.87. The molecule has 4 nitrogen and oxygen atoms in total. The highest BCUT2D eigenvalue weighted by Crippen LogP contribution is 2.32. The normalized spacial score (nSPS) is 10.5. The molecule has 2 heterocycles. The van der Waals surface area contributed by atoms with E-state index in [0.29, 0.717) is 4.88 Å². The molecule has 15 heavy (non-hydrogen) atoms.